The molecule has 2 amide bonds. The van der Waals surface area contributed by atoms with E-state index >= 15 is 0 Å². The van der Waals surface area contributed by atoms with Crippen LogP contribution in [0.25, 0.3) is 0 Å². The summed E-state index contributed by atoms with van der Waals surface area (Å²) >= 11 is 1.61. The van der Waals surface area contributed by atoms with Crippen molar-refractivity contribution in [2.45, 2.75) is 25.8 Å². The smallest absolute Gasteiger partial charge is 0.246 e. The molecule has 1 aliphatic rings. The van der Waals surface area contributed by atoms with Crippen LogP contribution in [0.4, 0.5) is 0 Å². The highest BCUT2D eigenvalue weighted by Crippen LogP contribution is 2.41. The van der Waals surface area contributed by atoms with E-state index in [2.05, 4.69) is 16.9 Å². The molecule has 1 atom stereocenters. The van der Waals surface area contributed by atoms with E-state index in [-0.39, 0.29) is 24.4 Å². The quantitative estimate of drug-likeness (QED) is 0.811. The summed E-state index contributed by atoms with van der Waals surface area (Å²) in [6.45, 7) is 5.45. The van der Waals surface area contributed by atoms with Gasteiger partial charge in [-0.15, -0.1) is 11.3 Å². The largest absolute Gasteiger partial charge is 0.345 e. The number of nitrogens with zero attached hydrogens (tertiary/aromatic N) is 2. The Kier molecular flexibility index (Phi) is 4.54. The van der Waals surface area contributed by atoms with Gasteiger partial charge in [0.1, 0.15) is 5.01 Å². The molecular formula is C14H19N3O2S. The predicted molar refractivity (Wildman–Crippen MR) is 78.3 cm³/mol. The highest BCUT2D eigenvalue weighted by molar-refractivity contribution is 7.11. The lowest BCUT2D eigenvalue weighted by molar-refractivity contribution is -0.131. The standard InChI is InChI=1S/C14H19N3O2S/c1-4-12(19)17(3)8-11(18)16-13(10-5-6-10)14-15-7-9(2)20-14/h4,7,10,13H,1,5-6,8H2,2-3H3,(H,16,18). The van der Waals surface area contributed by atoms with Crippen molar-refractivity contribution in [3.63, 3.8) is 0 Å². The molecule has 108 valence electrons. The average molecular weight is 293 g/mol. The molecule has 5 nitrogen and oxygen atoms in total. The van der Waals surface area contributed by atoms with Crippen LogP contribution < -0.4 is 5.32 Å². The zero-order valence-electron chi connectivity index (χ0n) is 11.8. The van der Waals surface area contributed by atoms with E-state index in [0.29, 0.717) is 5.92 Å². The first kappa shape index (κ1) is 14.7. The van der Waals surface area contributed by atoms with Gasteiger partial charge in [-0.25, -0.2) is 4.98 Å². The van der Waals surface area contributed by atoms with Crippen LogP contribution in [-0.4, -0.2) is 35.3 Å². The Labute approximate surface area is 122 Å². The van der Waals surface area contributed by atoms with Crippen LogP contribution in [0.15, 0.2) is 18.9 Å². The monoisotopic (exact) mass is 293 g/mol. The van der Waals surface area contributed by atoms with E-state index in [1.165, 1.54) is 11.0 Å². The minimum atomic E-state index is -0.256. The molecule has 1 fully saturated rings. The molecule has 1 aromatic rings. The number of aryl methyl sites for hydroxylation is 1. The van der Waals surface area contributed by atoms with Gasteiger partial charge in [0.05, 0.1) is 12.6 Å². The van der Waals surface area contributed by atoms with Crippen LogP contribution in [0.3, 0.4) is 0 Å². The molecule has 0 spiro atoms. The average Bonchev–Trinajstić information content (AvgIpc) is 3.17. The third kappa shape index (κ3) is 3.66. The fourth-order valence-electron chi connectivity index (χ4n) is 1.99. The zero-order valence-corrected chi connectivity index (χ0v) is 12.6. The zero-order chi connectivity index (χ0) is 14.7. The second kappa shape index (κ2) is 6.17. The summed E-state index contributed by atoms with van der Waals surface area (Å²) in [6.07, 6.45) is 5.26. The molecule has 1 saturated carbocycles. The Morgan fingerprint density at radius 2 is 2.35 bits per heavy atom. The lowest BCUT2D eigenvalue weighted by Crippen LogP contribution is -2.39. The maximum Gasteiger partial charge on any atom is 0.246 e. The minimum absolute atomic E-state index is 0.0200. The van der Waals surface area contributed by atoms with E-state index in [9.17, 15) is 9.59 Å². The first-order chi connectivity index (χ1) is 9.51. The van der Waals surface area contributed by atoms with Crippen molar-refractivity contribution in [3.8, 4) is 0 Å². The van der Waals surface area contributed by atoms with Gasteiger partial charge in [0.15, 0.2) is 0 Å². The maximum atomic E-state index is 12.0. The summed E-state index contributed by atoms with van der Waals surface area (Å²) in [4.78, 5) is 30.3. The molecule has 1 aliphatic carbocycles. The summed E-state index contributed by atoms with van der Waals surface area (Å²) in [6, 6.07) is -0.0200. The number of likely N-dealkylation sites (N-methyl/N-ethyl adjacent to an activating group) is 1. The van der Waals surface area contributed by atoms with E-state index in [1.807, 2.05) is 13.1 Å². The van der Waals surface area contributed by atoms with Crippen LogP contribution in [0.5, 0.6) is 0 Å². The van der Waals surface area contributed by atoms with Crippen LogP contribution in [0.1, 0.15) is 28.8 Å². The number of thiazole rings is 1. The summed E-state index contributed by atoms with van der Waals surface area (Å²) < 4.78 is 0. The normalized spacial score (nSPS) is 15.5. The molecule has 2 rings (SSSR count). The molecule has 6 heteroatoms. The van der Waals surface area contributed by atoms with Gasteiger partial charge in [-0.05, 0) is 31.8 Å². The summed E-state index contributed by atoms with van der Waals surface area (Å²) in [5, 5.41) is 3.95. The van der Waals surface area contributed by atoms with Crippen molar-refractivity contribution in [1.82, 2.24) is 15.2 Å². The van der Waals surface area contributed by atoms with Crippen LogP contribution in [-0.2, 0) is 9.59 Å². The van der Waals surface area contributed by atoms with Crippen LogP contribution in [0.2, 0.25) is 0 Å². The Morgan fingerprint density at radius 1 is 1.65 bits per heavy atom. The third-order valence-corrected chi connectivity index (χ3v) is 4.24. The van der Waals surface area contributed by atoms with Gasteiger partial charge in [0.25, 0.3) is 0 Å². The molecule has 0 aliphatic heterocycles. The van der Waals surface area contributed by atoms with E-state index < -0.39 is 0 Å². The number of carbonyl (C=O) groups excluding carboxylic acids is 2. The Morgan fingerprint density at radius 3 is 2.85 bits per heavy atom. The van der Waals surface area contributed by atoms with Gasteiger partial charge < -0.3 is 10.2 Å². The van der Waals surface area contributed by atoms with Crippen molar-refractivity contribution in [2.75, 3.05) is 13.6 Å². The highest BCUT2D eigenvalue weighted by atomic mass is 32.1. The Balaban J connectivity index is 1.97. The molecule has 20 heavy (non-hydrogen) atoms. The van der Waals surface area contributed by atoms with Crippen LogP contribution in [0, 0.1) is 12.8 Å². The number of hydrogen-bond acceptors (Lipinski definition) is 4. The van der Waals surface area contributed by atoms with Gasteiger partial charge in [0, 0.05) is 18.1 Å². The number of amides is 2. The number of rotatable bonds is 6. The molecule has 0 saturated heterocycles. The number of nitrogens with one attached hydrogen (secondary N) is 1. The lowest BCUT2D eigenvalue weighted by atomic mass is 10.2. The fourth-order valence-corrected chi connectivity index (χ4v) is 2.91. The number of hydrogen-bond donors (Lipinski definition) is 1. The van der Waals surface area contributed by atoms with Gasteiger partial charge in [-0.1, -0.05) is 6.58 Å². The highest BCUT2D eigenvalue weighted by Gasteiger charge is 2.35. The molecule has 1 aromatic heterocycles. The number of carbonyl (C=O) groups is 2. The Bertz CT molecular complexity index is 522. The fraction of sp³-hybridized carbons (Fsp3) is 0.500. The van der Waals surface area contributed by atoms with Gasteiger partial charge >= 0.3 is 0 Å². The molecule has 0 aromatic carbocycles. The van der Waals surface area contributed by atoms with E-state index in [1.54, 1.807) is 18.4 Å². The molecule has 1 N–H and O–H groups in total. The second-order valence-electron chi connectivity index (χ2n) is 5.09. The van der Waals surface area contributed by atoms with E-state index in [0.717, 1.165) is 22.7 Å². The molecule has 0 bridgehead atoms. The lowest BCUT2D eigenvalue weighted by Gasteiger charge is -2.19. The maximum absolute atomic E-state index is 12.0. The number of aromatic nitrogens is 1. The summed E-state index contributed by atoms with van der Waals surface area (Å²) in [5.74, 6) is 0.0607. The minimum Gasteiger partial charge on any atom is -0.345 e. The first-order valence-electron chi connectivity index (χ1n) is 6.60. The van der Waals surface area contributed by atoms with Crippen molar-refractivity contribution in [2.24, 2.45) is 5.92 Å². The molecule has 0 radical (unpaired) electrons. The predicted octanol–water partition coefficient (Wildman–Crippen LogP) is 1.66. The van der Waals surface area contributed by atoms with Gasteiger partial charge in [0.2, 0.25) is 11.8 Å². The molecule has 1 unspecified atom stereocenters. The summed E-state index contributed by atoms with van der Waals surface area (Å²) in [5.41, 5.74) is 0. The third-order valence-electron chi connectivity index (χ3n) is 3.25. The van der Waals surface area contributed by atoms with Crippen molar-refractivity contribution in [1.29, 1.82) is 0 Å². The van der Waals surface area contributed by atoms with Gasteiger partial charge in [-0.3, -0.25) is 9.59 Å². The van der Waals surface area contributed by atoms with Gasteiger partial charge in [-0.2, -0.15) is 0 Å². The SMILES string of the molecule is C=CC(=O)N(C)CC(=O)NC(c1ncc(C)s1)C1CC1. The topological polar surface area (TPSA) is 62.3 Å². The van der Waals surface area contributed by atoms with E-state index in [4.69, 9.17) is 0 Å². The van der Waals surface area contributed by atoms with Crippen LogP contribution >= 0.6 is 11.3 Å². The summed E-state index contributed by atoms with van der Waals surface area (Å²) in [7, 11) is 1.59. The van der Waals surface area contributed by atoms with Crippen molar-refractivity contribution >= 4 is 23.2 Å². The molecule has 1 heterocycles. The van der Waals surface area contributed by atoms with Crippen molar-refractivity contribution in [3.05, 3.63) is 28.7 Å². The Hall–Kier alpha value is -1.69. The first-order valence-corrected chi connectivity index (χ1v) is 7.42. The van der Waals surface area contributed by atoms with Crippen molar-refractivity contribution < 1.29 is 9.59 Å². The second-order valence-corrected chi connectivity index (χ2v) is 6.36. The molecular weight excluding hydrogens is 274 g/mol.